The van der Waals surface area contributed by atoms with Crippen LogP contribution in [0.5, 0.6) is 5.88 Å². The highest BCUT2D eigenvalue weighted by Crippen LogP contribution is 2.39. The number of H-pyrrole nitrogens is 1. The van der Waals surface area contributed by atoms with E-state index in [1.807, 2.05) is 12.1 Å². The van der Waals surface area contributed by atoms with Gasteiger partial charge in [-0.15, -0.1) is 0 Å². The van der Waals surface area contributed by atoms with Gasteiger partial charge in [0.2, 0.25) is 0 Å². The van der Waals surface area contributed by atoms with E-state index < -0.39 is 36.2 Å². The van der Waals surface area contributed by atoms with Crippen molar-refractivity contribution < 1.29 is 32.5 Å². The Hall–Kier alpha value is -3.60. The van der Waals surface area contributed by atoms with Crippen LogP contribution in [0.4, 0.5) is 18.9 Å². The topological polar surface area (TPSA) is 103 Å². The van der Waals surface area contributed by atoms with Crippen LogP contribution >= 0.6 is 0 Å². The maximum atomic E-state index is 14.0. The number of ether oxygens (including phenoxy) is 3. The maximum absolute atomic E-state index is 14.0. The van der Waals surface area contributed by atoms with Gasteiger partial charge in [0, 0.05) is 17.3 Å². The third kappa shape index (κ3) is 4.06. The van der Waals surface area contributed by atoms with Gasteiger partial charge in [-0.1, -0.05) is 36.4 Å². The minimum absolute atomic E-state index is 0.152. The highest BCUT2D eigenvalue weighted by atomic mass is 19.4. The molecule has 4 heterocycles. The van der Waals surface area contributed by atoms with Crippen LogP contribution < -0.4 is 10.5 Å². The van der Waals surface area contributed by atoms with Crippen LogP contribution in [0.15, 0.2) is 60.7 Å². The number of pyridine rings is 1. The number of halogens is 3. The Morgan fingerprint density at radius 1 is 0.917 bits per heavy atom. The number of hydrogen-bond donors (Lipinski definition) is 3. The summed E-state index contributed by atoms with van der Waals surface area (Å²) in [4.78, 5) is 7.22. The number of aromatic amines is 1. The van der Waals surface area contributed by atoms with Crippen LogP contribution in [0.2, 0.25) is 0 Å². The molecule has 1 unspecified atom stereocenters. The second kappa shape index (κ2) is 8.51. The number of aromatic nitrogens is 2. The lowest BCUT2D eigenvalue weighted by molar-refractivity contribution is -0.137. The normalized spacial score (nSPS) is 23.8. The van der Waals surface area contributed by atoms with Gasteiger partial charge in [0.15, 0.2) is 12.0 Å². The minimum Gasteiger partial charge on any atom is -0.470 e. The molecule has 186 valence electrons. The van der Waals surface area contributed by atoms with E-state index >= 15 is 0 Å². The number of hydrogen-bond acceptors (Lipinski definition) is 6. The number of anilines is 1. The zero-order chi connectivity index (χ0) is 25.0. The van der Waals surface area contributed by atoms with Gasteiger partial charge in [-0.3, -0.25) is 0 Å². The molecular weight excluding hydrogens is 475 g/mol. The first-order chi connectivity index (χ1) is 17.3. The summed E-state index contributed by atoms with van der Waals surface area (Å²) in [5, 5.41) is 9.90. The maximum Gasteiger partial charge on any atom is 0.418 e. The van der Waals surface area contributed by atoms with E-state index in [1.165, 1.54) is 0 Å². The zero-order valence-corrected chi connectivity index (χ0v) is 18.8. The molecule has 0 radical (unpaired) electrons. The molecule has 4 N–H and O–H groups in total. The molecule has 2 saturated heterocycles. The Balaban J connectivity index is 1.33. The number of benzene rings is 2. The van der Waals surface area contributed by atoms with Crippen LogP contribution in [0.1, 0.15) is 5.56 Å². The number of alkyl halides is 3. The molecular formula is C26H22F3N3O4. The third-order valence-corrected chi connectivity index (χ3v) is 6.55. The molecule has 2 aliphatic rings. The van der Waals surface area contributed by atoms with Crippen molar-refractivity contribution in [2.24, 2.45) is 0 Å². The van der Waals surface area contributed by atoms with E-state index in [1.54, 1.807) is 42.5 Å². The second-order valence-corrected chi connectivity index (χ2v) is 8.97. The lowest BCUT2D eigenvalue weighted by Gasteiger charge is -2.16. The molecule has 4 aromatic rings. The van der Waals surface area contributed by atoms with Gasteiger partial charge < -0.3 is 30.0 Å². The van der Waals surface area contributed by atoms with Gasteiger partial charge >= 0.3 is 6.18 Å². The van der Waals surface area contributed by atoms with Gasteiger partial charge in [-0.2, -0.15) is 13.2 Å². The van der Waals surface area contributed by atoms with Crippen molar-refractivity contribution in [1.29, 1.82) is 0 Å². The fourth-order valence-electron chi connectivity index (χ4n) is 4.73. The van der Waals surface area contributed by atoms with Crippen LogP contribution in [-0.2, 0) is 15.7 Å². The van der Waals surface area contributed by atoms with Gasteiger partial charge in [0.25, 0.3) is 0 Å². The summed E-state index contributed by atoms with van der Waals surface area (Å²) >= 11 is 0. The smallest absolute Gasteiger partial charge is 0.418 e. The van der Waals surface area contributed by atoms with Crippen molar-refractivity contribution in [2.45, 2.75) is 30.6 Å². The van der Waals surface area contributed by atoms with E-state index in [4.69, 9.17) is 19.9 Å². The van der Waals surface area contributed by atoms with Crippen molar-refractivity contribution in [3.8, 4) is 28.3 Å². The molecule has 2 aromatic carbocycles. The van der Waals surface area contributed by atoms with E-state index in [-0.39, 0.29) is 30.3 Å². The summed E-state index contributed by atoms with van der Waals surface area (Å²) in [5.74, 6) is 0.251. The van der Waals surface area contributed by atoms with Crippen LogP contribution in [0.25, 0.3) is 33.4 Å². The number of nitrogens with two attached hydrogens (primary N) is 1. The molecule has 2 aliphatic heterocycles. The second-order valence-electron chi connectivity index (χ2n) is 8.97. The van der Waals surface area contributed by atoms with Crippen LogP contribution in [-0.4, -0.2) is 52.7 Å². The number of fused-ring (bicyclic) bond motifs is 2. The molecule has 0 spiro atoms. The first-order valence-electron chi connectivity index (χ1n) is 11.4. The first-order valence-corrected chi connectivity index (χ1v) is 11.4. The van der Waals surface area contributed by atoms with Gasteiger partial charge in [0.05, 0.1) is 35.5 Å². The van der Waals surface area contributed by atoms with Crippen molar-refractivity contribution in [2.75, 3.05) is 18.9 Å². The largest absolute Gasteiger partial charge is 0.470 e. The standard InChI is InChI=1S/C26H22F3N3O4/c27-26(28,29)17-9-18-19(10-22(31-18)36-21-12-35-24-20(33)11-34-25(21)24)32-23(17)15-3-1-13(2-4-15)14-5-7-16(30)8-6-14/h1-10,20-21,24-25,31,33H,11-12,30H2/t20-,21-,24?,25-/m1/s1. The zero-order valence-electron chi connectivity index (χ0n) is 18.8. The number of aliphatic hydroxyl groups is 1. The molecule has 36 heavy (non-hydrogen) atoms. The fraction of sp³-hybridized carbons (Fsp3) is 0.269. The van der Waals surface area contributed by atoms with Gasteiger partial charge in [-0.25, -0.2) is 4.98 Å². The van der Waals surface area contributed by atoms with E-state index in [2.05, 4.69) is 9.97 Å². The van der Waals surface area contributed by atoms with Crippen molar-refractivity contribution in [1.82, 2.24) is 9.97 Å². The number of rotatable bonds is 4. The summed E-state index contributed by atoms with van der Waals surface area (Å²) in [5.41, 5.74) is 7.96. The molecule has 4 atom stereocenters. The molecule has 0 aliphatic carbocycles. The van der Waals surface area contributed by atoms with Crippen molar-refractivity contribution in [3.05, 3.63) is 66.2 Å². The SMILES string of the molecule is Nc1ccc(-c2ccc(-c3nc4cc(O[C@@H]5COC6[C@H](O)CO[C@@H]65)[nH]c4cc3C(F)(F)F)cc2)cc1. The van der Waals surface area contributed by atoms with Crippen molar-refractivity contribution >= 4 is 16.7 Å². The van der Waals surface area contributed by atoms with Crippen LogP contribution in [0.3, 0.4) is 0 Å². The highest BCUT2D eigenvalue weighted by Gasteiger charge is 2.48. The van der Waals surface area contributed by atoms with Crippen LogP contribution in [0, 0.1) is 0 Å². The average molecular weight is 497 g/mol. The predicted octanol–water partition coefficient (Wildman–Crippen LogP) is 4.40. The third-order valence-electron chi connectivity index (χ3n) is 6.55. The average Bonchev–Trinajstić information content (AvgIpc) is 3.55. The molecule has 6 rings (SSSR count). The Morgan fingerprint density at radius 2 is 1.56 bits per heavy atom. The summed E-state index contributed by atoms with van der Waals surface area (Å²) < 4.78 is 59.0. The Labute approximate surface area is 203 Å². The lowest BCUT2D eigenvalue weighted by Crippen LogP contribution is -2.34. The predicted molar refractivity (Wildman–Crippen MR) is 126 cm³/mol. The molecule has 0 amide bonds. The summed E-state index contributed by atoms with van der Waals surface area (Å²) in [7, 11) is 0. The Bertz CT molecular complexity index is 1400. The molecule has 7 nitrogen and oxygen atoms in total. The number of nitrogen functional groups attached to an aromatic ring is 1. The highest BCUT2D eigenvalue weighted by molar-refractivity contribution is 5.83. The number of nitrogens with one attached hydrogen (secondary N) is 1. The minimum atomic E-state index is -4.61. The van der Waals surface area contributed by atoms with E-state index in [0.717, 1.165) is 17.2 Å². The van der Waals surface area contributed by atoms with E-state index in [9.17, 15) is 18.3 Å². The fourth-order valence-corrected chi connectivity index (χ4v) is 4.73. The monoisotopic (exact) mass is 497 g/mol. The van der Waals surface area contributed by atoms with Crippen molar-refractivity contribution in [3.63, 3.8) is 0 Å². The lowest BCUT2D eigenvalue weighted by atomic mass is 10.00. The molecule has 0 bridgehead atoms. The number of nitrogens with zero attached hydrogens (tertiary/aromatic N) is 1. The molecule has 10 heteroatoms. The molecule has 0 saturated carbocycles. The quantitative estimate of drug-likeness (QED) is 0.361. The molecule has 2 fully saturated rings. The summed E-state index contributed by atoms with van der Waals surface area (Å²) in [6, 6.07) is 16.6. The Kier molecular flexibility index (Phi) is 5.40. The van der Waals surface area contributed by atoms with Gasteiger partial charge in [0.1, 0.15) is 18.3 Å². The summed E-state index contributed by atoms with van der Waals surface area (Å²) in [6.07, 6.45) is -6.75. The molecule has 2 aromatic heterocycles. The van der Waals surface area contributed by atoms with E-state index in [0.29, 0.717) is 16.8 Å². The Morgan fingerprint density at radius 3 is 2.25 bits per heavy atom. The number of aliphatic hydroxyl groups excluding tert-OH is 1. The first kappa shape index (κ1) is 22.8. The van der Waals surface area contributed by atoms with Gasteiger partial charge in [-0.05, 0) is 29.3 Å². The summed E-state index contributed by atoms with van der Waals surface area (Å²) in [6.45, 7) is 0.355.